The molecule has 0 spiro atoms. The van der Waals surface area contributed by atoms with Gasteiger partial charge >= 0.3 is 0 Å². The topological polar surface area (TPSA) is 37.2 Å². The monoisotopic (exact) mass is 164 g/mol. The number of fused-ring (bicyclic) bond motifs is 1. The molecule has 0 fully saturated rings. The van der Waals surface area contributed by atoms with Crippen LogP contribution in [0.5, 0.6) is 0 Å². The van der Waals surface area contributed by atoms with E-state index >= 15 is 0 Å². The first-order valence-corrected chi connectivity index (χ1v) is 3.78. The average molecular weight is 164 g/mol. The van der Waals surface area contributed by atoms with Crippen LogP contribution in [0.4, 0.5) is 0 Å². The van der Waals surface area contributed by atoms with Crippen LogP contribution in [0.2, 0.25) is 0 Å². The SMILES string of the molecule is C[n+]1cc2occc2cc1CO. The van der Waals surface area contributed by atoms with Crippen LogP contribution in [0.1, 0.15) is 5.69 Å². The highest BCUT2D eigenvalue weighted by atomic mass is 16.3. The number of aryl methyl sites for hydroxylation is 1. The number of aromatic nitrogens is 1. The van der Waals surface area contributed by atoms with Gasteiger partial charge in [-0.05, 0) is 6.07 Å². The Morgan fingerprint density at radius 3 is 3.17 bits per heavy atom. The Morgan fingerprint density at radius 2 is 2.42 bits per heavy atom. The normalized spacial score (nSPS) is 10.8. The van der Waals surface area contributed by atoms with E-state index in [4.69, 9.17) is 9.52 Å². The van der Waals surface area contributed by atoms with E-state index in [0.29, 0.717) is 0 Å². The number of aliphatic hydroxyl groups is 1. The van der Waals surface area contributed by atoms with Gasteiger partial charge in [-0.25, -0.2) is 0 Å². The maximum absolute atomic E-state index is 8.96. The summed E-state index contributed by atoms with van der Waals surface area (Å²) in [5, 5.41) is 9.99. The van der Waals surface area contributed by atoms with E-state index in [0.717, 1.165) is 16.7 Å². The lowest BCUT2D eigenvalue weighted by atomic mass is 10.2. The number of aliphatic hydroxyl groups excluding tert-OH is 1. The average Bonchev–Trinajstić information content (AvgIpc) is 2.49. The molecule has 1 N–H and O–H groups in total. The Labute approximate surface area is 69.9 Å². The number of hydrogen-bond acceptors (Lipinski definition) is 2. The zero-order chi connectivity index (χ0) is 8.55. The lowest BCUT2D eigenvalue weighted by Crippen LogP contribution is -2.32. The third-order valence-corrected chi connectivity index (χ3v) is 1.98. The summed E-state index contributed by atoms with van der Waals surface area (Å²) in [4.78, 5) is 0. The van der Waals surface area contributed by atoms with E-state index < -0.39 is 0 Å². The van der Waals surface area contributed by atoms with Crippen LogP contribution in [0.25, 0.3) is 11.0 Å². The van der Waals surface area contributed by atoms with Gasteiger partial charge in [-0.15, -0.1) is 0 Å². The summed E-state index contributed by atoms with van der Waals surface area (Å²) in [7, 11) is 1.88. The fraction of sp³-hybridized carbons (Fsp3) is 0.222. The molecule has 0 aromatic carbocycles. The number of rotatable bonds is 1. The van der Waals surface area contributed by atoms with E-state index in [1.807, 2.05) is 29.9 Å². The first-order valence-electron chi connectivity index (χ1n) is 3.78. The lowest BCUT2D eigenvalue weighted by molar-refractivity contribution is -0.680. The molecule has 0 aliphatic rings. The molecule has 2 rings (SSSR count). The Hall–Kier alpha value is -1.35. The third kappa shape index (κ3) is 0.987. The molecule has 0 aliphatic carbocycles. The molecule has 0 unspecified atom stereocenters. The van der Waals surface area contributed by atoms with Gasteiger partial charge in [0.25, 0.3) is 0 Å². The molecule has 0 aliphatic heterocycles. The molecular weight excluding hydrogens is 154 g/mol. The summed E-state index contributed by atoms with van der Waals surface area (Å²) in [6.45, 7) is 0.0532. The molecule has 0 saturated heterocycles. The quantitative estimate of drug-likeness (QED) is 0.631. The number of pyridine rings is 1. The Balaban J connectivity index is 2.73. The van der Waals surface area contributed by atoms with Crippen molar-refractivity contribution in [2.45, 2.75) is 6.61 Å². The maximum Gasteiger partial charge on any atom is 0.212 e. The van der Waals surface area contributed by atoms with Crippen LogP contribution >= 0.6 is 0 Å². The summed E-state index contributed by atoms with van der Waals surface area (Å²) < 4.78 is 7.05. The van der Waals surface area contributed by atoms with E-state index in [1.54, 1.807) is 6.26 Å². The summed E-state index contributed by atoms with van der Waals surface area (Å²) in [6, 6.07) is 3.80. The molecule has 2 aromatic rings. The van der Waals surface area contributed by atoms with Crippen LogP contribution in [-0.4, -0.2) is 5.11 Å². The molecule has 62 valence electrons. The van der Waals surface area contributed by atoms with E-state index in [-0.39, 0.29) is 6.61 Å². The first kappa shape index (κ1) is 7.31. The van der Waals surface area contributed by atoms with Crippen molar-refractivity contribution in [1.29, 1.82) is 0 Å². The molecule has 12 heavy (non-hydrogen) atoms. The molecule has 0 saturated carbocycles. The van der Waals surface area contributed by atoms with Crippen LogP contribution < -0.4 is 4.57 Å². The zero-order valence-electron chi connectivity index (χ0n) is 6.82. The molecule has 0 bridgehead atoms. The second-order valence-corrected chi connectivity index (χ2v) is 2.77. The van der Waals surface area contributed by atoms with Gasteiger partial charge in [0.05, 0.1) is 6.26 Å². The van der Waals surface area contributed by atoms with Crippen LogP contribution in [0, 0.1) is 0 Å². The summed E-state index contributed by atoms with van der Waals surface area (Å²) in [5.41, 5.74) is 1.72. The molecule has 0 atom stereocenters. The minimum atomic E-state index is 0.0532. The highest BCUT2D eigenvalue weighted by molar-refractivity contribution is 5.75. The van der Waals surface area contributed by atoms with Crippen molar-refractivity contribution in [3.05, 3.63) is 30.3 Å². The standard InChI is InChI=1S/C9H10NO2/c1-10-5-9-7(2-3-12-9)4-8(10)6-11/h2-5,11H,6H2,1H3/q+1. The molecule has 0 amide bonds. The second kappa shape index (κ2) is 2.60. The van der Waals surface area contributed by atoms with Crippen LogP contribution in [0.3, 0.4) is 0 Å². The Bertz CT molecular complexity index is 406. The van der Waals surface area contributed by atoms with Crippen LogP contribution in [0.15, 0.2) is 29.0 Å². The molecule has 2 aromatic heterocycles. The van der Waals surface area contributed by atoms with Crippen molar-refractivity contribution in [1.82, 2.24) is 0 Å². The fourth-order valence-electron chi connectivity index (χ4n) is 1.25. The van der Waals surface area contributed by atoms with Crippen molar-refractivity contribution >= 4 is 11.0 Å². The highest BCUT2D eigenvalue weighted by Gasteiger charge is 2.08. The van der Waals surface area contributed by atoms with Gasteiger partial charge in [-0.3, -0.25) is 0 Å². The zero-order valence-corrected chi connectivity index (χ0v) is 6.82. The molecular formula is C9H10NO2+. The number of hydrogen-bond donors (Lipinski definition) is 1. The Morgan fingerprint density at radius 1 is 1.58 bits per heavy atom. The summed E-state index contributed by atoms with van der Waals surface area (Å²) >= 11 is 0. The van der Waals surface area contributed by atoms with Gasteiger partial charge < -0.3 is 9.52 Å². The van der Waals surface area contributed by atoms with Crippen molar-refractivity contribution < 1.29 is 14.1 Å². The van der Waals surface area contributed by atoms with Crippen LogP contribution in [-0.2, 0) is 13.7 Å². The van der Waals surface area contributed by atoms with Crippen molar-refractivity contribution in [2.75, 3.05) is 0 Å². The smallest absolute Gasteiger partial charge is 0.212 e. The van der Waals surface area contributed by atoms with Gasteiger partial charge in [0.2, 0.25) is 11.9 Å². The summed E-state index contributed by atoms with van der Waals surface area (Å²) in [6.07, 6.45) is 3.51. The number of nitrogens with zero attached hydrogens (tertiary/aromatic N) is 1. The second-order valence-electron chi connectivity index (χ2n) is 2.77. The van der Waals surface area contributed by atoms with Gasteiger partial charge in [0.15, 0.2) is 5.58 Å². The number of furan rings is 1. The minimum Gasteiger partial charge on any atom is -0.458 e. The predicted molar refractivity (Wildman–Crippen MR) is 43.3 cm³/mol. The van der Waals surface area contributed by atoms with Crippen molar-refractivity contribution in [3.8, 4) is 0 Å². The maximum atomic E-state index is 8.96. The van der Waals surface area contributed by atoms with Gasteiger partial charge in [-0.1, -0.05) is 0 Å². The highest BCUT2D eigenvalue weighted by Crippen LogP contribution is 2.13. The van der Waals surface area contributed by atoms with Gasteiger partial charge in [-0.2, -0.15) is 4.57 Å². The van der Waals surface area contributed by atoms with Gasteiger partial charge in [0.1, 0.15) is 13.7 Å². The fourth-order valence-corrected chi connectivity index (χ4v) is 1.25. The van der Waals surface area contributed by atoms with E-state index in [9.17, 15) is 0 Å². The molecule has 0 radical (unpaired) electrons. The first-order chi connectivity index (χ1) is 5.81. The largest absolute Gasteiger partial charge is 0.458 e. The predicted octanol–water partition coefficient (Wildman–Crippen LogP) is 0.750. The van der Waals surface area contributed by atoms with Crippen molar-refractivity contribution in [2.24, 2.45) is 7.05 Å². The lowest BCUT2D eigenvalue weighted by Gasteiger charge is -1.94. The Kier molecular flexibility index (Phi) is 1.59. The van der Waals surface area contributed by atoms with Gasteiger partial charge in [0, 0.05) is 11.5 Å². The third-order valence-electron chi connectivity index (χ3n) is 1.98. The van der Waals surface area contributed by atoms with Crippen molar-refractivity contribution in [3.63, 3.8) is 0 Å². The van der Waals surface area contributed by atoms with E-state index in [2.05, 4.69) is 0 Å². The summed E-state index contributed by atoms with van der Waals surface area (Å²) in [5.74, 6) is 0. The minimum absolute atomic E-state index is 0.0532. The molecule has 2 heterocycles. The molecule has 3 nitrogen and oxygen atoms in total. The molecule has 3 heteroatoms. The van der Waals surface area contributed by atoms with E-state index in [1.165, 1.54) is 0 Å².